The predicted molar refractivity (Wildman–Crippen MR) is 125 cm³/mol. The van der Waals surface area contributed by atoms with Gasteiger partial charge in [-0.15, -0.1) is 0 Å². The number of anilines is 1. The van der Waals surface area contributed by atoms with Gasteiger partial charge in [0.25, 0.3) is 0 Å². The number of aromatic nitrogens is 2. The number of rotatable bonds is 6. The minimum Gasteiger partial charge on any atom is -0.490 e. The molecule has 0 aliphatic heterocycles. The van der Waals surface area contributed by atoms with Crippen LogP contribution in [0.15, 0.2) is 29.7 Å². The molecule has 1 saturated carbocycles. The molecule has 9 heteroatoms. The van der Waals surface area contributed by atoms with E-state index in [0.29, 0.717) is 11.5 Å². The number of benzene rings is 1. The van der Waals surface area contributed by atoms with E-state index in [9.17, 15) is 4.79 Å². The number of nitrogens with two attached hydrogens (primary N) is 2. The topological polar surface area (TPSA) is 135 Å². The van der Waals surface area contributed by atoms with Crippen LogP contribution in [0.2, 0.25) is 0 Å². The second kappa shape index (κ2) is 9.35. The number of nitrogens with zero attached hydrogens (tertiary/aromatic N) is 3. The van der Waals surface area contributed by atoms with Crippen LogP contribution in [0, 0.1) is 0 Å². The van der Waals surface area contributed by atoms with Crippen molar-refractivity contribution in [2.45, 2.75) is 63.5 Å². The molecule has 1 aromatic carbocycles. The summed E-state index contributed by atoms with van der Waals surface area (Å²) in [6.45, 7) is 4.12. The normalized spacial score (nSPS) is 22.2. The molecule has 33 heavy (non-hydrogen) atoms. The number of nitrogen functional groups attached to an aromatic ring is 1. The van der Waals surface area contributed by atoms with Gasteiger partial charge in [-0.2, -0.15) is 0 Å². The lowest BCUT2D eigenvalue weighted by molar-refractivity contribution is -0.141. The average molecular weight is 454 g/mol. The first-order chi connectivity index (χ1) is 15.8. The number of esters is 1. The van der Waals surface area contributed by atoms with Crippen molar-refractivity contribution >= 4 is 17.5 Å². The fraction of sp³-hybridized carbons (Fsp3) is 0.500. The quantitative estimate of drug-likeness (QED) is 0.387. The Morgan fingerprint density at radius 1 is 1.18 bits per heavy atom. The molecule has 1 heterocycles. The van der Waals surface area contributed by atoms with Gasteiger partial charge < -0.3 is 25.8 Å². The van der Waals surface area contributed by atoms with Crippen LogP contribution in [0.3, 0.4) is 0 Å². The predicted octanol–water partition coefficient (Wildman–Crippen LogP) is 2.95. The summed E-state index contributed by atoms with van der Waals surface area (Å²) in [5, 5.41) is 4.45. The Labute approximate surface area is 193 Å². The van der Waals surface area contributed by atoms with E-state index in [2.05, 4.69) is 19.9 Å². The summed E-state index contributed by atoms with van der Waals surface area (Å²) in [5.74, 6) is 0.805. The number of carbonyl (C=O) groups is 1. The molecule has 0 unspecified atom stereocenters. The third-order valence-electron chi connectivity index (χ3n) is 6.40. The second-order valence-electron chi connectivity index (χ2n) is 9.07. The molecule has 2 aromatic rings. The standard InChI is InChI=1S/C24H31N5O4/c1-24(2)20-21(27-13-28-23(20)26)17-9-8-16(33-15-6-4-14(25)5-7-15)12-18(17)22(24)29-32-11-10-19(30)31-3/h8-9,12-15H,4-7,10-11,25H2,1-3H3,(H2,26,27,28)/b29-22+/t14-,15-. The minimum absolute atomic E-state index is 0.105. The van der Waals surface area contributed by atoms with Crippen LogP contribution < -0.4 is 16.2 Å². The van der Waals surface area contributed by atoms with Gasteiger partial charge in [-0.3, -0.25) is 4.79 Å². The molecule has 4 rings (SSSR count). The molecular formula is C24H31N5O4. The number of hydrogen-bond acceptors (Lipinski definition) is 9. The van der Waals surface area contributed by atoms with E-state index in [-0.39, 0.29) is 31.1 Å². The van der Waals surface area contributed by atoms with Crippen molar-refractivity contribution in [1.82, 2.24) is 9.97 Å². The van der Waals surface area contributed by atoms with Gasteiger partial charge in [0.05, 0.1) is 31.0 Å². The first-order valence-electron chi connectivity index (χ1n) is 11.3. The highest BCUT2D eigenvalue weighted by atomic mass is 16.6. The molecule has 1 aromatic heterocycles. The molecule has 0 bridgehead atoms. The molecule has 2 aliphatic rings. The smallest absolute Gasteiger partial charge is 0.309 e. The summed E-state index contributed by atoms with van der Waals surface area (Å²) in [4.78, 5) is 25.7. The maximum atomic E-state index is 11.4. The summed E-state index contributed by atoms with van der Waals surface area (Å²) < 4.78 is 11.0. The molecule has 0 saturated heterocycles. The van der Waals surface area contributed by atoms with Gasteiger partial charge >= 0.3 is 5.97 Å². The fourth-order valence-electron chi connectivity index (χ4n) is 4.58. The highest BCUT2D eigenvalue weighted by molar-refractivity contribution is 6.15. The third-order valence-corrected chi connectivity index (χ3v) is 6.40. The van der Waals surface area contributed by atoms with Crippen molar-refractivity contribution in [3.05, 3.63) is 35.7 Å². The van der Waals surface area contributed by atoms with E-state index in [1.54, 1.807) is 0 Å². The molecule has 0 spiro atoms. The van der Waals surface area contributed by atoms with E-state index in [1.807, 2.05) is 32.0 Å². The van der Waals surface area contributed by atoms with E-state index in [1.165, 1.54) is 13.4 Å². The van der Waals surface area contributed by atoms with E-state index >= 15 is 0 Å². The van der Waals surface area contributed by atoms with Crippen LogP contribution in [-0.2, 0) is 19.8 Å². The first-order valence-corrected chi connectivity index (χ1v) is 11.3. The molecule has 2 aliphatic carbocycles. The van der Waals surface area contributed by atoms with Gasteiger partial charge in [0.15, 0.2) is 0 Å². The maximum Gasteiger partial charge on any atom is 0.309 e. The van der Waals surface area contributed by atoms with E-state index in [0.717, 1.165) is 53.8 Å². The van der Waals surface area contributed by atoms with Crippen LogP contribution in [0.5, 0.6) is 5.75 Å². The van der Waals surface area contributed by atoms with Crippen molar-refractivity contribution in [3.8, 4) is 17.0 Å². The Kier molecular flexibility index (Phi) is 6.51. The average Bonchev–Trinajstić information content (AvgIpc) is 2.79. The number of methoxy groups -OCH3 is 1. The van der Waals surface area contributed by atoms with Gasteiger partial charge in [0, 0.05) is 28.1 Å². The molecule has 1 fully saturated rings. The van der Waals surface area contributed by atoms with Gasteiger partial charge in [0.1, 0.15) is 24.5 Å². The van der Waals surface area contributed by atoms with Gasteiger partial charge in [0.2, 0.25) is 0 Å². The largest absolute Gasteiger partial charge is 0.490 e. The lowest BCUT2D eigenvalue weighted by Gasteiger charge is -2.35. The number of fused-ring (bicyclic) bond motifs is 3. The number of carbonyl (C=O) groups excluding carboxylic acids is 1. The van der Waals surface area contributed by atoms with Crippen LogP contribution in [-0.4, -0.2) is 47.5 Å². The van der Waals surface area contributed by atoms with Gasteiger partial charge in [-0.25, -0.2) is 9.97 Å². The van der Waals surface area contributed by atoms with Gasteiger partial charge in [-0.1, -0.05) is 5.16 Å². The van der Waals surface area contributed by atoms with Crippen molar-refractivity contribution < 1.29 is 19.1 Å². The first kappa shape index (κ1) is 23.0. The van der Waals surface area contributed by atoms with Crippen molar-refractivity contribution in [3.63, 3.8) is 0 Å². The SMILES string of the molecule is COC(=O)CCO/N=C1\c2cc(O[C@H]3CC[C@H](N)CC3)ccc2-c2ncnc(N)c2C1(C)C. The number of ether oxygens (including phenoxy) is 2. The molecule has 0 atom stereocenters. The summed E-state index contributed by atoms with van der Waals surface area (Å²) in [5.41, 5.74) is 15.7. The molecule has 0 amide bonds. The summed E-state index contributed by atoms with van der Waals surface area (Å²) in [6.07, 6.45) is 5.52. The monoisotopic (exact) mass is 453 g/mol. The number of hydrogen-bond donors (Lipinski definition) is 2. The van der Waals surface area contributed by atoms with Crippen LogP contribution in [0.1, 0.15) is 57.1 Å². The highest BCUT2D eigenvalue weighted by Gasteiger charge is 2.41. The minimum atomic E-state index is -0.630. The van der Waals surface area contributed by atoms with Crippen LogP contribution >= 0.6 is 0 Å². The Morgan fingerprint density at radius 3 is 2.67 bits per heavy atom. The van der Waals surface area contributed by atoms with Crippen LogP contribution in [0.4, 0.5) is 5.82 Å². The highest BCUT2D eigenvalue weighted by Crippen LogP contribution is 2.45. The Balaban J connectivity index is 1.70. The third kappa shape index (κ3) is 4.64. The van der Waals surface area contributed by atoms with Crippen molar-refractivity contribution in [1.29, 1.82) is 0 Å². The fourth-order valence-corrected chi connectivity index (χ4v) is 4.58. The zero-order valence-electron chi connectivity index (χ0n) is 19.3. The van der Waals surface area contributed by atoms with Crippen LogP contribution in [0.25, 0.3) is 11.3 Å². The Hall–Kier alpha value is -3.20. The lowest BCUT2D eigenvalue weighted by atomic mass is 9.70. The maximum absolute atomic E-state index is 11.4. The molecule has 9 nitrogen and oxygen atoms in total. The zero-order valence-corrected chi connectivity index (χ0v) is 19.3. The van der Waals surface area contributed by atoms with E-state index in [4.69, 9.17) is 21.0 Å². The summed E-state index contributed by atoms with van der Waals surface area (Å²) in [6, 6.07) is 6.17. The van der Waals surface area contributed by atoms with Gasteiger partial charge in [-0.05, 0) is 57.7 Å². The molecule has 176 valence electrons. The second-order valence-corrected chi connectivity index (χ2v) is 9.07. The lowest BCUT2D eigenvalue weighted by Crippen LogP contribution is -2.36. The molecule has 0 radical (unpaired) electrons. The Bertz CT molecular complexity index is 1060. The summed E-state index contributed by atoms with van der Waals surface area (Å²) >= 11 is 0. The summed E-state index contributed by atoms with van der Waals surface area (Å²) in [7, 11) is 1.34. The van der Waals surface area contributed by atoms with E-state index < -0.39 is 5.41 Å². The zero-order chi connectivity index (χ0) is 23.6. The molecule has 4 N–H and O–H groups in total. The van der Waals surface area contributed by atoms with Crippen molar-refractivity contribution in [2.75, 3.05) is 19.5 Å². The van der Waals surface area contributed by atoms with Crippen molar-refractivity contribution in [2.24, 2.45) is 10.9 Å². The number of oxime groups is 1. The molecular weight excluding hydrogens is 422 g/mol. The Morgan fingerprint density at radius 2 is 1.94 bits per heavy atom.